The predicted molar refractivity (Wildman–Crippen MR) is 133 cm³/mol. The molecule has 4 fully saturated rings. The van der Waals surface area contributed by atoms with Crippen LogP contribution in [0.5, 0.6) is 0 Å². The SMILES string of the molecule is C[C@@H]1CN2c3c(cc4c(N5C(=O)S[C@H]6CCC[C@H]65)coc4c3F)CC3(C(=O)CC(=O)NC3=O)[C@H]2[C@H](C)O1. The van der Waals surface area contributed by atoms with E-state index in [1.165, 1.54) is 18.0 Å². The van der Waals surface area contributed by atoms with E-state index in [0.717, 1.165) is 19.3 Å². The van der Waals surface area contributed by atoms with Gasteiger partial charge in [0.2, 0.25) is 11.8 Å². The normalized spacial score (nSPS) is 35.3. The van der Waals surface area contributed by atoms with Crippen molar-refractivity contribution in [2.45, 2.75) is 75.5 Å². The molecule has 194 valence electrons. The fraction of sp³-hybridized carbons (Fsp3) is 0.538. The molecule has 2 aromatic rings. The maximum Gasteiger partial charge on any atom is 0.286 e. The molecule has 1 saturated carbocycles. The van der Waals surface area contributed by atoms with Gasteiger partial charge in [-0.25, -0.2) is 4.39 Å². The second-order valence-electron chi connectivity index (χ2n) is 10.9. The highest BCUT2D eigenvalue weighted by molar-refractivity contribution is 8.14. The first-order valence-corrected chi connectivity index (χ1v) is 13.6. The van der Waals surface area contributed by atoms with Crippen molar-refractivity contribution in [2.75, 3.05) is 16.3 Å². The van der Waals surface area contributed by atoms with Crippen LogP contribution in [0.4, 0.5) is 20.6 Å². The fourth-order valence-electron chi connectivity index (χ4n) is 7.35. The minimum absolute atomic E-state index is 0.0331. The zero-order valence-corrected chi connectivity index (χ0v) is 21.2. The van der Waals surface area contributed by atoms with Gasteiger partial charge in [0.25, 0.3) is 5.24 Å². The number of Topliss-reactive ketones (excluding diaryl/α,β-unsaturated/α-hetero) is 1. The van der Waals surface area contributed by atoms with Crippen molar-refractivity contribution in [3.63, 3.8) is 0 Å². The third-order valence-electron chi connectivity index (χ3n) is 8.72. The molecule has 9 nitrogen and oxygen atoms in total. The Kier molecular flexibility index (Phi) is 4.89. The molecule has 1 aromatic heterocycles. The van der Waals surface area contributed by atoms with Gasteiger partial charge in [0.1, 0.15) is 11.7 Å². The number of fused-ring (bicyclic) bond motifs is 6. The molecule has 37 heavy (non-hydrogen) atoms. The molecule has 0 bridgehead atoms. The van der Waals surface area contributed by atoms with Crippen LogP contribution in [0.3, 0.4) is 0 Å². The number of nitrogens with one attached hydrogen (secondary N) is 1. The van der Waals surface area contributed by atoms with Gasteiger partial charge in [-0.05, 0) is 44.7 Å². The molecule has 0 radical (unpaired) electrons. The van der Waals surface area contributed by atoms with Crippen molar-refractivity contribution in [2.24, 2.45) is 5.41 Å². The van der Waals surface area contributed by atoms with Gasteiger partial charge in [-0.2, -0.15) is 0 Å². The van der Waals surface area contributed by atoms with Crippen LogP contribution in [0.25, 0.3) is 11.0 Å². The topological polar surface area (TPSA) is 109 Å². The summed E-state index contributed by atoms with van der Waals surface area (Å²) in [5.41, 5.74) is -0.280. The third kappa shape index (κ3) is 3.01. The van der Waals surface area contributed by atoms with E-state index in [4.69, 9.17) is 9.15 Å². The van der Waals surface area contributed by atoms with E-state index < -0.39 is 47.4 Å². The maximum absolute atomic E-state index is 16.3. The van der Waals surface area contributed by atoms with Crippen molar-refractivity contribution >= 4 is 56.9 Å². The highest BCUT2D eigenvalue weighted by Crippen LogP contribution is 2.52. The number of benzene rings is 1. The standard InChI is InChI=1S/C26H26FN3O6S/c1-11-9-29-21-13(8-26(23(29)12(2)36-11)18(31)7-19(32)28-24(26)33)6-14-16(10-35-22(14)20(21)27)30-15-4-3-5-17(15)37-25(30)34/h6,10-12,15,17,23H,3-5,7-9H2,1-2H3,(H,28,32,33)/t11-,12+,15-,17+,23-,26?/m1/s1. The molecular weight excluding hydrogens is 501 g/mol. The molecule has 3 saturated heterocycles. The van der Waals surface area contributed by atoms with Crippen LogP contribution in [0.1, 0.15) is 45.1 Å². The summed E-state index contributed by atoms with van der Waals surface area (Å²) in [5.74, 6) is -2.38. The van der Waals surface area contributed by atoms with Crippen molar-refractivity contribution in [3.8, 4) is 0 Å². The summed E-state index contributed by atoms with van der Waals surface area (Å²) in [6.07, 6.45) is 2.96. The first-order valence-electron chi connectivity index (χ1n) is 12.7. The molecular formula is C26H26FN3O6S. The maximum atomic E-state index is 16.3. The smallest absolute Gasteiger partial charge is 0.286 e. The van der Waals surface area contributed by atoms with Crippen LogP contribution in [-0.2, 0) is 25.5 Å². The molecule has 7 rings (SSSR count). The Morgan fingerprint density at radius 3 is 2.78 bits per heavy atom. The van der Waals surface area contributed by atoms with Crippen molar-refractivity contribution < 1.29 is 32.7 Å². The summed E-state index contributed by atoms with van der Waals surface area (Å²) in [4.78, 5) is 55.4. The Balaban J connectivity index is 1.43. The lowest BCUT2D eigenvalue weighted by Gasteiger charge is -2.55. The number of rotatable bonds is 1. The van der Waals surface area contributed by atoms with Gasteiger partial charge in [-0.15, -0.1) is 0 Å². The number of thioether (sulfide) groups is 1. The lowest BCUT2D eigenvalue weighted by Crippen LogP contribution is -2.72. The highest BCUT2D eigenvalue weighted by Gasteiger charge is 2.62. The third-order valence-corrected chi connectivity index (χ3v) is 9.97. The Labute approximate surface area is 216 Å². The van der Waals surface area contributed by atoms with Crippen molar-refractivity contribution in [1.82, 2.24) is 5.32 Å². The van der Waals surface area contributed by atoms with E-state index in [0.29, 0.717) is 16.6 Å². The van der Waals surface area contributed by atoms with Crippen LogP contribution >= 0.6 is 11.8 Å². The molecule has 1 spiro atoms. The monoisotopic (exact) mass is 527 g/mol. The zero-order valence-electron chi connectivity index (χ0n) is 20.4. The number of ether oxygens (including phenoxy) is 1. The summed E-state index contributed by atoms with van der Waals surface area (Å²) in [6.45, 7) is 3.89. The largest absolute Gasteiger partial charge is 0.459 e. The average Bonchev–Trinajstić information content (AvgIpc) is 3.51. The Hall–Kier alpha value is -2.92. The summed E-state index contributed by atoms with van der Waals surface area (Å²) in [5, 5.41) is 2.93. The second kappa shape index (κ2) is 7.80. The lowest BCUT2D eigenvalue weighted by molar-refractivity contribution is -0.158. The van der Waals surface area contributed by atoms with E-state index in [1.807, 2.05) is 6.92 Å². The van der Waals surface area contributed by atoms with Gasteiger partial charge in [-0.3, -0.25) is 29.4 Å². The number of amides is 3. The number of nitrogens with zero attached hydrogens (tertiary/aromatic N) is 2. The quantitative estimate of drug-likeness (QED) is 0.445. The van der Waals surface area contributed by atoms with Crippen LogP contribution < -0.4 is 15.1 Å². The van der Waals surface area contributed by atoms with Gasteiger partial charge >= 0.3 is 0 Å². The minimum Gasteiger partial charge on any atom is -0.459 e. The van der Waals surface area contributed by atoms with E-state index in [2.05, 4.69) is 5.32 Å². The molecule has 1 N–H and O–H groups in total. The van der Waals surface area contributed by atoms with Crippen molar-refractivity contribution in [3.05, 3.63) is 23.7 Å². The summed E-state index contributed by atoms with van der Waals surface area (Å²) in [7, 11) is 0. The number of piperidine rings is 1. The Morgan fingerprint density at radius 2 is 2.00 bits per heavy atom. The summed E-state index contributed by atoms with van der Waals surface area (Å²) in [6, 6.07) is 1.01. The number of morpholine rings is 1. The van der Waals surface area contributed by atoms with Gasteiger partial charge in [-0.1, -0.05) is 18.2 Å². The predicted octanol–water partition coefficient (Wildman–Crippen LogP) is 3.31. The fourth-order valence-corrected chi connectivity index (χ4v) is 8.65. The first kappa shape index (κ1) is 23.2. The zero-order chi connectivity index (χ0) is 25.8. The van der Waals surface area contributed by atoms with E-state index in [1.54, 1.807) is 22.8 Å². The molecule has 1 aromatic carbocycles. The van der Waals surface area contributed by atoms with E-state index in [9.17, 15) is 19.2 Å². The van der Waals surface area contributed by atoms with Gasteiger partial charge in [0.05, 0.1) is 42.1 Å². The minimum atomic E-state index is -1.60. The van der Waals surface area contributed by atoms with Gasteiger partial charge in [0.15, 0.2) is 17.2 Å². The number of hydrogen-bond donors (Lipinski definition) is 1. The number of halogens is 1. The molecule has 1 unspecified atom stereocenters. The highest BCUT2D eigenvalue weighted by atomic mass is 32.2. The molecule has 6 atom stereocenters. The van der Waals surface area contributed by atoms with E-state index in [-0.39, 0.29) is 46.9 Å². The summed E-state index contributed by atoms with van der Waals surface area (Å²) >= 11 is 1.32. The summed E-state index contributed by atoms with van der Waals surface area (Å²) < 4.78 is 28.1. The number of carbonyl (C=O) groups is 4. The van der Waals surface area contributed by atoms with Gasteiger partial charge < -0.3 is 14.1 Å². The van der Waals surface area contributed by atoms with Crippen LogP contribution in [0, 0.1) is 11.2 Å². The Bertz CT molecular complexity index is 1390. The van der Waals surface area contributed by atoms with Crippen LogP contribution in [0.2, 0.25) is 0 Å². The first-order chi connectivity index (χ1) is 17.7. The second-order valence-corrected chi connectivity index (χ2v) is 12.1. The number of imide groups is 1. The molecule has 4 aliphatic heterocycles. The van der Waals surface area contributed by atoms with E-state index >= 15 is 4.39 Å². The molecule has 11 heteroatoms. The van der Waals surface area contributed by atoms with Gasteiger partial charge in [0, 0.05) is 17.2 Å². The number of hydrogen-bond acceptors (Lipinski definition) is 8. The lowest BCUT2D eigenvalue weighted by atomic mass is 9.63. The number of ketones is 1. The van der Waals surface area contributed by atoms with Crippen LogP contribution in [-0.4, -0.2) is 58.9 Å². The average molecular weight is 528 g/mol. The number of carbonyl (C=O) groups excluding carboxylic acids is 4. The number of anilines is 2. The Morgan fingerprint density at radius 1 is 1.19 bits per heavy atom. The molecule has 5 heterocycles. The molecule has 1 aliphatic carbocycles. The van der Waals surface area contributed by atoms with Crippen molar-refractivity contribution in [1.29, 1.82) is 0 Å². The molecule has 5 aliphatic rings. The van der Waals surface area contributed by atoms with Crippen LogP contribution in [0.15, 0.2) is 16.7 Å². The number of furan rings is 1. The molecule has 3 amide bonds.